The summed E-state index contributed by atoms with van der Waals surface area (Å²) in [5.74, 6) is -0.152. The molecular formula is C21H18BrN3OS. The van der Waals surface area contributed by atoms with E-state index in [1.54, 1.807) is 0 Å². The lowest BCUT2D eigenvalue weighted by molar-refractivity contribution is 0.102. The monoisotopic (exact) mass is 439 g/mol. The van der Waals surface area contributed by atoms with Gasteiger partial charge in [0.15, 0.2) is 5.13 Å². The fraction of sp³-hybridized carbons (Fsp3) is 0.143. The second-order valence-electron chi connectivity index (χ2n) is 6.90. The zero-order valence-corrected chi connectivity index (χ0v) is 17.3. The summed E-state index contributed by atoms with van der Waals surface area (Å²) in [5.41, 5.74) is 3.49. The van der Waals surface area contributed by atoms with E-state index in [-0.39, 0.29) is 11.3 Å². The van der Waals surface area contributed by atoms with Gasteiger partial charge in [-0.15, -0.1) is 11.3 Å². The Morgan fingerprint density at radius 2 is 1.93 bits per heavy atom. The number of aromatic nitrogens is 2. The van der Waals surface area contributed by atoms with Crippen molar-refractivity contribution < 1.29 is 4.79 Å². The van der Waals surface area contributed by atoms with E-state index in [0.29, 0.717) is 10.7 Å². The van der Waals surface area contributed by atoms with E-state index in [4.69, 9.17) is 0 Å². The van der Waals surface area contributed by atoms with E-state index in [1.807, 2.05) is 48.0 Å². The molecule has 0 aliphatic carbocycles. The van der Waals surface area contributed by atoms with Gasteiger partial charge in [0.05, 0.1) is 5.69 Å². The van der Waals surface area contributed by atoms with Crippen LogP contribution in [-0.4, -0.2) is 15.9 Å². The molecule has 0 unspecified atom stereocenters. The topological polar surface area (TPSA) is 57.8 Å². The molecule has 0 atom stereocenters. The Labute approximate surface area is 169 Å². The number of benzene rings is 2. The molecule has 136 valence electrons. The number of halogens is 1. The molecule has 0 saturated heterocycles. The minimum Gasteiger partial charge on any atom is -0.361 e. The molecule has 0 fully saturated rings. The Kier molecular flexibility index (Phi) is 4.61. The maximum atomic E-state index is 12.6. The SMILES string of the molecule is CC(C)(c1ccc(Br)cc1)c1csc(NC(=O)c2ccc3[nH]ccc3c2)n1. The number of carbonyl (C=O) groups is 1. The number of fused-ring (bicyclic) bond motifs is 1. The van der Waals surface area contributed by atoms with Crippen LogP contribution in [0.2, 0.25) is 0 Å². The first-order chi connectivity index (χ1) is 12.9. The maximum absolute atomic E-state index is 12.6. The average Bonchev–Trinajstić information content (AvgIpc) is 3.30. The molecule has 2 aromatic carbocycles. The number of carbonyl (C=O) groups excluding carboxylic acids is 1. The lowest BCUT2D eigenvalue weighted by Gasteiger charge is -2.23. The zero-order valence-electron chi connectivity index (χ0n) is 14.9. The van der Waals surface area contributed by atoms with Gasteiger partial charge in [-0.3, -0.25) is 10.1 Å². The van der Waals surface area contributed by atoms with Crippen LogP contribution in [0, 0.1) is 0 Å². The Balaban J connectivity index is 1.55. The Bertz CT molecular complexity index is 1110. The van der Waals surface area contributed by atoms with Crippen molar-refractivity contribution in [1.82, 2.24) is 9.97 Å². The van der Waals surface area contributed by atoms with Crippen molar-refractivity contribution in [2.24, 2.45) is 0 Å². The third kappa shape index (κ3) is 3.55. The number of hydrogen-bond acceptors (Lipinski definition) is 3. The van der Waals surface area contributed by atoms with E-state index >= 15 is 0 Å². The van der Waals surface area contributed by atoms with Crippen LogP contribution in [-0.2, 0) is 5.41 Å². The third-order valence-electron chi connectivity index (χ3n) is 4.75. The fourth-order valence-corrected chi connectivity index (χ4v) is 4.13. The molecular weight excluding hydrogens is 422 g/mol. The highest BCUT2D eigenvalue weighted by Crippen LogP contribution is 2.34. The summed E-state index contributed by atoms with van der Waals surface area (Å²) in [6, 6.07) is 15.8. The number of nitrogens with one attached hydrogen (secondary N) is 2. The van der Waals surface area contributed by atoms with Gasteiger partial charge in [-0.2, -0.15) is 0 Å². The third-order valence-corrected chi connectivity index (χ3v) is 6.03. The standard InChI is InChI=1S/C21H18BrN3OS/c1-21(2,15-4-6-16(22)7-5-15)18-12-27-20(24-18)25-19(26)14-3-8-17-13(11-14)9-10-23-17/h3-12,23H,1-2H3,(H,24,25,26). The van der Waals surface area contributed by atoms with Crippen molar-refractivity contribution >= 4 is 49.2 Å². The van der Waals surface area contributed by atoms with E-state index in [9.17, 15) is 4.79 Å². The van der Waals surface area contributed by atoms with Gasteiger partial charge in [0, 0.05) is 37.9 Å². The second kappa shape index (κ2) is 6.94. The summed E-state index contributed by atoms with van der Waals surface area (Å²) in [4.78, 5) is 20.4. The van der Waals surface area contributed by atoms with Crippen molar-refractivity contribution in [3.05, 3.63) is 81.4 Å². The van der Waals surface area contributed by atoms with Gasteiger partial charge in [0.25, 0.3) is 5.91 Å². The highest BCUT2D eigenvalue weighted by atomic mass is 79.9. The van der Waals surface area contributed by atoms with Crippen LogP contribution in [0.25, 0.3) is 10.9 Å². The van der Waals surface area contributed by atoms with Crippen LogP contribution >= 0.6 is 27.3 Å². The number of nitrogens with zero attached hydrogens (tertiary/aromatic N) is 1. The second-order valence-corrected chi connectivity index (χ2v) is 8.68. The van der Waals surface area contributed by atoms with Crippen molar-refractivity contribution in [3.8, 4) is 0 Å². The lowest BCUT2D eigenvalue weighted by atomic mass is 9.82. The molecule has 0 aliphatic rings. The molecule has 0 aliphatic heterocycles. The van der Waals surface area contributed by atoms with Gasteiger partial charge in [-0.25, -0.2) is 4.98 Å². The molecule has 4 nitrogen and oxygen atoms in total. The summed E-state index contributed by atoms with van der Waals surface area (Å²) in [6.07, 6.45) is 1.86. The molecule has 1 amide bonds. The zero-order chi connectivity index (χ0) is 19.0. The highest BCUT2D eigenvalue weighted by molar-refractivity contribution is 9.10. The maximum Gasteiger partial charge on any atom is 0.257 e. The molecule has 27 heavy (non-hydrogen) atoms. The van der Waals surface area contributed by atoms with E-state index in [2.05, 4.69) is 57.2 Å². The first-order valence-corrected chi connectivity index (χ1v) is 10.2. The fourth-order valence-electron chi connectivity index (χ4n) is 3.00. The summed E-state index contributed by atoms with van der Waals surface area (Å²) in [6.45, 7) is 4.27. The number of rotatable bonds is 4. The smallest absolute Gasteiger partial charge is 0.257 e. The van der Waals surface area contributed by atoms with Crippen molar-refractivity contribution in [3.63, 3.8) is 0 Å². The van der Waals surface area contributed by atoms with Gasteiger partial charge in [0.1, 0.15) is 0 Å². The highest BCUT2D eigenvalue weighted by Gasteiger charge is 2.26. The summed E-state index contributed by atoms with van der Waals surface area (Å²) in [7, 11) is 0. The lowest BCUT2D eigenvalue weighted by Crippen LogP contribution is -2.19. The van der Waals surface area contributed by atoms with Gasteiger partial charge in [0.2, 0.25) is 0 Å². The normalized spacial score (nSPS) is 11.7. The Morgan fingerprint density at radius 3 is 2.70 bits per heavy atom. The molecule has 2 heterocycles. The summed E-state index contributed by atoms with van der Waals surface area (Å²) >= 11 is 4.92. The predicted molar refractivity (Wildman–Crippen MR) is 115 cm³/mol. The van der Waals surface area contributed by atoms with E-state index in [0.717, 1.165) is 21.1 Å². The quantitative estimate of drug-likeness (QED) is 0.411. The molecule has 0 bridgehead atoms. The number of aromatic amines is 1. The number of anilines is 1. The van der Waals surface area contributed by atoms with E-state index in [1.165, 1.54) is 16.9 Å². The largest absolute Gasteiger partial charge is 0.361 e. The van der Waals surface area contributed by atoms with Crippen LogP contribution in [0.15, 0.2) is 64.6 Å². The number of hydrogen-bond donors (Lipinski definition) is 2. The van der Waals surface area contributed by atoms with Crippen LogP contribution in [0.5, 0.6) is 0 Å². The molecule has 4 aromatic rings. The molecule has 2 N–H and O–H groups in total. The van der Waals surface area contributed by atoms with Crippen LogP contribution in [0.3, 0.4) is 0 Å². The molecule has 0 radical (unpaired) electrons. The van der Waals surface area contributed by atoms with Gasteiger partial charge >= 0.3 is 0 Å². The number of amides is 1. The van der Waals surface area contributed by atoms with Gasteiger partial charge in [-0.1, -0.05) is 41.9 Å². The molecule has 0 spiro atoms. The molecule has 2 aromatic heterocycles. The van der Waals surface area contributed by atoms with Crippen LogP contribution in [0.1, 0.15) is 35.5 Å². The van der Waals surface area contributed by atoms with Gasteiger partial charge < -0.3 is 4.98 Å². The molecule has 4 rings (SSSR count). The number of H-pyrrole nitrogens is 1. The Morgan fingerprint density at radius 1 is 1.15 bits per heavy atom. The van der Waals surface area contributed by atoms with E-state index < -0.39 is 0 Å². The molecule has 0 saturated carbocycles. The first kappa shape index (κ1) is 17.9. The summed E-state index contributed by atoms with van der Waals surface area (Å²) in [5, 5.41) is 6.54. The molecule has 6 heteroatoms. The van der Waals surface area contributed by atoms with Crippen molar-refractivity contribution in [1.29, 1.82) is 0 Å². The van der Waals surface area contributed by atoms with Crippen LogP contribution < -0.4 is 5.32 Å². The van der Waals surface area contributed by atoms with Gasteiger partial charge in [-0.05, 0) is 42.0 Å². The first-order valence-electron chi connectivity index (χ1n) is 8.54. The van der Waals surface area contributed by atoms with Crippen LogP contribution in [0.4, 0.5) is 5.13 Å². The summed E-state index contributed by atoms with van der Waals surface area (Å²) < 4.78 is 1.05. The van der Waals surface area contributed by atoms with Crippen molar-refractivity contribution in [2.75, 3.05) is 5.32 Å². The number of thiazole rings is 1. The minimum atomic E-state index is -0.246. The minimum absolute atomic E-state index is 0.152. The predicted octanol–water partition coefficient (Wildman–Crippen LogP) is 5.97. The van der Waals surface area contributed by atoms with Crippen molar-refractivity contribution in [2.45, 2.75) is 19.3 Å². The Hall–Kier alpha value is -2.44. The average molecular weight is 440 g/mol.